The van der Waals surface area contributed by atoms with Gasteiger partial charge in [-0.15, -0.1) is 0 Å². The topological polar surface area (TPSA) is 61.9 Å². The van der Waals surface area contributed by atoms with Crippen LogP contribution in [0.1, 0.15) is 28.4 Å². The third-order valence-electron chi connectivity index (χ3n) is 6.38. The number of benzene rings is 3. The van der Waals surface area contributed by atoms with E-state index in [2.05, 4.69) is 42.3 Å². The molecule has 0 radical (unpaired) electrons. The SMILES string of the molecule is Cc1ccccc1N1CCN(C(=O)c2ccc(/C=C3\Oc4ccccc4NC3=O)cc2)[C@H](C)C1. The molecular weight excluding hydrogens is 426 g/mol. The highest BCUT2D eigenvalue weighted by Crippen LogP contribution is 2.31. The third kappa shape index (κ3) is 4.27. The quantitative estimate of drug-likeness (QED) is 0.583. The van der Waals surface area contributed by atoms with E-state index in [0.29, 0.717) is 23.5 Å². The van der Waals surface area contributed by atoms with Crippen LogP contribution in [0.15, 0.2) is 78.6 Å². The summed E-state index contributed by atoms with van der Waals surface area (Å²) in [5, 5.41) is 2.83. The van der Waals surface area contributed by atoms with Gasteiger partial charge in [-0.05, 0) is 61.4 Å². The van der Waals surface area contributed by atoms with Crippen molar-refractivity contribution < 1.29 is 14.3 Å². The number of fused-ring (bicyclic) bond motifs is 1. The Morgan fingerprint density at radius 1 is 1.00 bits per heavy atom. The Balaban J connectivity index is 1.27. The van der Waals surface area contributed by atoms with Gasteiger partial charge >= 0.3 is 0 Å². The van der Waals surface area contributed by atoms with Gasteiger partial charge in [0.15, 0.2) is 11.5 Å². The van der Waals surface area contributed by atoms with Gasteiger partial charge < -0.3 is 19.9 Å². The minimum absolute atomic E-state index is 0.0247. The summed E-state index contributed by atoms with van der Waals surface area (Å²) in [4.78, 5) is 29.9. The number of ether oxygens (including phenoxy) is 1. The van der Waals surface area contributed by atoms with Crippen LogP contribution in [0, 0.1) is 6.92 Å². The number of piperazine rings is 1. The smallest absolute Gasteiger partial charge is 0.291 e. The fraction of sp³-hybridized carbons (Fsp3) is 0.214. The second kappa shape index (κ2) is 9.06. The molecular formula is C28H27N3O3. The van der Waals surface area contributed by atoms with Crippen LogP contribution in [0.25, 0.3) is 6.08 Å². The highest BCUT2D eigenvalue weighted by molar-refractivity contribution is 6.08. The molecule has 2 aliphatic rings. The standard InChI is InChI=1S/C28H27N3O3/c1-19-7-3-5-9-24(19)30-15-16-31(20(2)18-30)28(33)22-13-11-21(12-14-22)17-26-27(32)29-23-8-4-6-10-25(23)34-26/h3-14,17,20H,15-16,18H2,1-2H3,(H,29,32)/b26-17-/t20-/m1/s1. The lowest BCUT2D eigenvalue weighted by atomic mass is 10.1. The first-order valence-corrected chi connectivity index (χ1v) is 11.5. The van der Waals surface area contributed by atoms with Gasteiger partial charge in [0.05, 0.1) is 5.69 Å². The average Bonchev–Trinajstić information content (AvgIpc) is 2.85. The van der Waals surface area contributed by atoms with Crippen molar-refractivity contribution >= 4 is 29.3 Å². The second-order valence-electron chi connectivity index (χ2n) is 8.76. The Hall–Kier alpha value is -4.06. The highest BCUT2D eigenvalue weighted by atomic mass is 16.5. The summed E-state index contributed by atoms with van der Waals surface area (Å²) >= 11 is 0. The lowest BCUT2D eigenvalue weighted by Crippen LogP contribution is -2.54. The summed E-state index contributed by atoms with van der Waals surface area (Å²) in [6.07, 6.45) is 1.68. The summed E-state index contributed by atoms with van der Waals surface area (Å²) in [6.45, 7) is 6.49. The van der Waals surface area contributed by atoms with E-state index >= 15 is 0 Å². The average molecular weight is 454 g/mol. The van der Waals surface area contributed by atoms with Crippen LogP contribution >= 0.6 is 0 Å². The molecule has 0 aromatic heterocycles. The number of amides is 2. The Kier molecular flexibility index (Phi) is 5.80. The maximum atomic E-state index is 13.2. The maximum Gasteiger partial charge on any atom is 0.291 e. The molecule has 1 fully saturated rings. The zero-order chi connectivity index (χ0) is 23.7. The molecule has 0 aliphatic carbocycles. The molecule has 6 heteroatoms. The Morgan fingerprint density at radius 3 is 2.50 bits per heavy atom. The molecule has 6 nitrogen and oxygen atoms in total. The Labute approximate surface area is 199 Å². The van der Waals surface area contributed by atoms with Crippen LogP contribution in [0.3, 0.4) is 0 Å². The van der Waals surface area contributed by atoms with Gasteiger partial charge in [0.2, 0.25) is 0 Å². The molecule has 172 valence electrons. The largest absolute Gasteiger partial charge is 0.449 e. The van der Waals surface area contributed by atoms with Crippen molar-refractivity contribution in [3.05, 3.63) is 95.2 Å². The van der Waals surface area contributed by atoms with Crippen molar-refractivity contribution in [2.45, 2.75) is 19.9 Å². The van der Waals surface area contributed by atoms with Crippen LogP contribution in [0.2, 0.25) is 0 Å². The summed E-state index contributed by atoms with van der Waals surface area (Å²) in [5.41, 5.74) is 4.56. The molecule has 0 saturated carbocycles. The molecule has 2 heterocycles. The van der Waals surface area contributed by atoms with Gasteiger partial charge in [-0.25, -0.2) is 0 Å². The van der Waals surface area contributed by atoms with Crippen LogP contribution in [0.4, 0.5) is 11.4 Å². The fourth-order valence-corrected chi connectivity index (χ4v) is 4.54. The third-order valence-corrected chi connectivity index (χ3v) is 6.38. The number of carbonyl (C=O) groups is 2. The minimum Gasteiger partial charge on any atom is -0.449 e. The van der Waals surface area contributed by atoms with Crippen molar-refractivity contribution in [1.29, 1.82) is 0 Å². The summed E-state index contributed by atoms with van der Waals surface area (Å²) in [5.74, 6) is 0.564. The lowest BCUT2D eigenvalue weighted by Gasteiger charge is -2.41. The molecule has 2 amide bonds. The van der Waals surface area contributed by atoms with Gasteiger partial charge in [0.25, 0.3) is 11.8 Å². The number of carbonyl (C=O) groups excluding carboxylic acids is 2. The monoisotopic (exact) mass is 453 g/mol. The van der Waals surface area contributed by atoms with E-state index in [4.69, 9.17) is 4.74 Å². The van der Waals surface area contributed by atoms with Crippen LogP contribution in [-0.2, 0) is 4.79 Å². The molecule has 2 aliphatic heterocycles. The first kappa shape index (κ1) is 21.8. The minimum atomic E-state index is -0.292. The highest BCUT2D eigenvalue weighted by Gasteiger charge is 2.29. The van der Waals surface area contributed by atoms with Gasteiger partial charge in [-0.2, -0.15) is 0 Å². The number of para-hydroxylation sites is 3. The van der Waals surface area contributed by atoms with Gasteiger partial charge in [0, 0.05) is 36.9 Å². The van der Waals surface area contributed by atoms with E-state index in [9.17, 15) is 9.59 Å². The number of nitrogens with zero attached hydrogens (tertiary/aromatic N) is 2. The Morgan fingerprint density at radius 2 is 1.74 bits per heavy atom. The van der Waals surface area contributed by atoms with Crippen molar-refractivity contribution in [1.82, 2.24) is 4.90 Å². The van der Waals surface area contributed by atoms with Crippen molar-refractivity contribution in [3.63, 3.8) is 0 Å². The zero-order valence-corrected chi connectivity index (χ0v) is 19.3. The lowest BCUT2D eigenvalue weighted by molar-refractivity contribution is -0.115. The molecule has 0 spiro atoms. The van der Waals surface area contributed by atoms with Crippen LogP contribution in [-0.4, -0.2) is 42.4 Å². The molecule has 0 unspecified atom stereocenters. The molecule has 1 saturated heterocycles. The number of aryl methyl sites for hydroxylation is 1. The van der Waals surface area contributed by atoms with Crippen LogP contribution < -0.4 is 15.0 Å². The Bertz CT molecular complexity index is 1270. The van der Waals surface area contributed by atoms with E-state index in [0.717, 1.165) is 18.7 Å². The predicted molar refractivity (Wildman–Crippen MR) is 134 cm³/mol. The van der Waals surface area contributed by atoms with E-state index in [1.165, 1.54) is 11.3 Å². The van der Waals surface area contributed by atoms with Crippen LogP contribution in [0.5, 0.6) is 5.75 Å². The predicted octanol–water partition coefficient (Wildman–Crippen LogP) is 4.72. The van der Waals surface area contributed by atoms with E-state index in [1.54, 1.807) is 12.1 Å². The number of hydrogen-bond donors (Lipinski definition) is 1. The van der Waals surface area contributed by atoms with E-state index in [1.807, 2.05) is 53.4 Å². The molecule has 3 aromatic rings. The normalized spacial score (nSPS) is 18.8. The first-order chi connectivity index (χ1) is 16.5. The zero-order valence-electron chi connectivity index (χ0n) is 19.3. The molecule has 34 heavy (non-hydrogen) atoms. The molecule has 3 aromatic carbocycles. The van der Waals surface area contributed by atoms with Gasteiger partial charge in [-0.3, -0.25) is 9.59 Å². The molecule has 1 atom stereocenters. The number of nitrogens with one attached hydrogen (secondary N) is 1. The second-order valence-corrected chi connectivity index (χ2v) is 8.76. The van der Waals surface area contributed by atoms with Crippen molar-refractivity contribution in [3.8, 4) is 5.75 Å². The number of hydrogen-bond acceptors (Lipinski definition) is 4. The number of rotatable bonds is 3. The maximum absolute atomic E-state index is 13.2. The first-order valence-electron chi connectivity index (χ1n) is 11.5. The summed E-state index contributed by atoms with van der Waals surface area (Å²) in [7, 11) is 0. The molecule has 1 N–H and O–H groups in total. The van der Waals surface area contributed by atoms with E-state index in [-0.39, 0.29) is 23.6 Å². The summed E-state index contributed by atoms with van der Waals surface area (Å²) in [6, 6.07) is 23.1. The van der Waals surface area contributed by atoms with Gasteiger partial charge in [-0.1, -0.05) is 42.5 Å². The van der Waals surface area contributed by atoms with Crippen molar-refractivity contribution in [2.24, 2.45) is 0 Å². The molecule has 0 bridgehead atoms. The molecule has 5 rings (SSSR count). The summed E-state index contributed by atoms with van der Waals surface area (Å²) < 4.78 is 5.76. The van der Waals surface area contributed by atoms with E-state index < -0.39 is 0 Å². The number of anilines is 2. The van der Waals surface area contributed by atoms with Gasteiger partial charge in [0.1, 0.15) is 0 Å². The fourth-order valence-electron chi connectivity index (χ4n) is 4.54. The van der Waals surface area contributed by atoms with Crippen molar-refractivity contribution in [2.75, 3.05) is 29.9 Å².